The number of hydrogen-bond acceptors (Lipinski definition) is 6. The minimum Gasteiger partial charge on any atom is -0.494 e. The number of anilines is 1. The maximum absolute atomic E-state index is 5.93. The number of hydrogen-bond donors (Lipinski definition) is 1. The van der Waals surface area contributed by atoms with Crippen LogP contribution in [0.3, 0.4) is 0 Å². The third-order valence-corrected chi connectivity index (χ3v) is 3.73. The van der Waals surface area contributed by atoms with Crippen LogP contribution >= 0.6 is 0 Å². The van der Waals surface area contributed by atoms with Crippen molar-refractivity contribution in [3.05, 3.63) is 18.2 Å². The van der Waals surface area contributed by atoms with E-state index < -0.39 is 0 Å². The Morgan fingerprint density at radius 2 is 2.10 bits per heavy atom. The highest BCUT2D eigenvalue weighted by molar-refractivity contribution is 5.73. The molecule has 106 valence electrons. The molecule has 1 saturated carbocycles. The van der Waals surface area contributed by atoms with Gasteiger partial charge in [-0.1, -0.05) is 6.07 Å². The zero-order chi connectivity index (χ0) is 14.1. The average Bonchev–Trinajstić information content (AvgIpc) is 2.86. The Kier molecular flexibility index (Phi) is 3.27. The first kappa shape index (κ1) is 12.9. The van der Waals surface area contributed by atoms with Gasteiger partial charge in [0.1, 0.15) is 0 Å². The van der Waals surface area contributed by atoms with Gasteiger partial charge in [-0.25, -0.2) is 4.68 Å². The fourth-order valence-corrected chi connectivity index (χ4v) is 2.51. The monoisotopic (exact) mass is 275 g/mol. The Morgan fingerprint density at radius 1 is 1.30 bits per heavy atom. The minimum absolute atomic E-state index is 0.260. The molecule has 0 saturated heterocycles. The maximum Gasteiger partial charge on any atom is 0.186 e. The molecule has 1 aromatic carbocycles. The summed E-state index contributed by atoms with van der Waals surface area (Å²) in [5.41, 5.74) is 7.31. The van der Waals surface area contributed by atoms with E-state index >= 15 is 0 Å². The molecule has 20 heavy (non-hydrogen) atoms. The number of benzene rings is 1. The third kappa shape index (κ3) is 2.00. The van der Waals surface area contributed by atoms with Gasteiger partial charge >= 0.3 is 0 Å². The lowest BCUT2D eigenvalue weighted by molar-refractivity contribution is 0.00247. The molecule has 1 fully saturated rings. The molecule has 0 atom stereocenters. The number of aromatic nitrogens is 4. The van der Waals surface area contributed by atoms with Gasteiger partial charge in [-0.2, -0.15) is 0 Å². The molecule has 7 nitrogen and oxygen atoms in total. The van der Waals surface area contributed by atoms with Crippen molar-refractivity contribution in [1.29, 1.82) is 0 Å². The molecule has 0 radical (unpaired) electrons. The Morgan fingerprint density at radius 3 is 2.80 bits per heavy atom. The van der Waals surface area contributed by atoms with Crippen LogP contribution in [0.5, 0.6) is 5.75 Å². The SMILES string of the molecule is COc1c(N)cccc1-c1nnnn1C1CC(OC)C1. The van der Waals surface area contributed by atoms with Crippen LogP contribution in [0.2, 0.25) is 0 Å². The normalized spacial score (nSPS) is 21.5. The van der Waals surface area contributed by atoms with E-state index in [-0.39, 0.29) is 6.04 Å². The van der Waals surface area contributed by atoms with Gasteiger partial charge in [0.25, 0.3) is 0 Å². The van der Waals surface area contributed by atoms with Crippen molar-refractivity contribution in [3.8, 4) is 17.1 Å². The van der Waals surface area contributed by atoms with Crippen LogP contribution < -0.4 is 10.5 Å². The van der Waals surface area contributed by atoms with Gasteiger partial charge in [-0.05, 0) is 35.4 Å². The van der Waals surface area contributed by atoms with Crippen molar-refractivity contribution in [3.63, 3.8) is 0 Å². The van der Waals surface area contributed by atoms with Gasteiger partial charge in [-0.15, -0.1) is 5.10 Å². The van der Waals surface area contributed by atoms with E-state index in [1.807, 2.05) is 16.8 Å². The van der Waals surface area contributed by atoms with E-state index in [0.717, 1.165) is 18.4 Å². The van der Waals surface area contributed by atoms with Crippen molar-refractivity contribution in [2.45, 2.75) is 25.0 Å². The Balaban J connectivity index is 1.96. The molecular weight excluding hydrogens is 258 g/mol. The van der Waals surface area contributed by atoms with E-state index in [4.69, 9.17) is 15.2 Å². The lowest BCUT2D eigenvalue weighted by atomic mass is 9.89. The van der Waals surface area contributed by atoms with Crippen molar-refractivity contribution in [1.82, 2.24) is 20.2 Å². The zero-order valence-electron chi connectivity index (χ0n) is 11.5. The first-order valence-electron chi connectivity index (χ1n) is 6.48. The van der Waals surface area contributed by atoms with Gasteiger partial charge in [0.15, 0.2) is 11.6 Å². The molecule has 2 aromatic rings. The highest BCUT2D eigenvalue weighted by atomic mass is 16.5. The molecular formula is C13H17N5O2. The van der Waals surface area contributed by atoms with Gasteiger partial charge in [0.05, 0.1) is 30.5 Å². The molecule has 1 aliphatic rings. The number of nitrogens with two attached hydrogens (primary N) is 1. The van der Waals surface area contributed by atoms with Crippen LogP contribution in [-0.2, 0) is 4.74 Å². The second-order valence-corrected chi connectivity index (χ2v) is 4.86. The van der Waals surface area contributed by atoms with Crippen LogP contribution in [0.1, 0.15) is 18.9 Å². The van der Waals surface area contributed by atoms with Gasteiger partial charge in [0.2, 0.25) is 0 Å². The number of nitrogen functional groups attached to an aromatic ring is 1. The molecule has 1 heterocycles. The van der Waals surface area contributed by atoms with Crippen LogP contribution in [0, 0.1) is 0 Å². The second-order valence-electron chi connectivity index (χ2n) is 4.86. The van der Waals surface area contributed by atoms with E-state index in [0.29, 0.717) is 23.4 Å². The number of para-hydroxylation sites is 1. The van der Waals surface area contributed by atoms with E-state index in [1.165, 1.54) is 0 Å². The van der Waals surface area contributed by atoms with Crippen LogP contribution in [0.25, 0.3) is 11.4 Å². The molecule has 1 aromatic heterocycles. The Labute approximate surface area is 116 Å². The number of methoxy groups -OCH3 is 2. The smallest absolute Gasteiger partial charge is 0.186 e. The van der Waals surface area contributed by atoms with Crippen LogP contribution in [0.4, 0.5) is 5.69 Å². The molecule has 0 aliphatic heterocycles. The Bertz CT molecular complexity index is 607. The average molecular weight is 275 g/mol. The van der Waals surface area contributed by atoms with E-state index in [9.17, 15) is 0 Å². The van der Waals surface area contributed by atoms with Crippen LogP contribution in [0.15, 0.2) is 18.2 Å². The van der Waals surface area contributed by atoms with Crippen molar-refractivity contribution >= 4 is 5.69 Å². The minimum atomic E-state index is 0.260. The topological polar surface area (TPSA) is 88.1 Å². The first-order valence-corrected chi connectivity index (χ1v) is 6.48. The molecule has 2 N–H and O–H groups in total. The summed E-state index contributed by atoms with van der Waals surface area (Å²) in [7, 11) is 3.32. The summed E-state index contributed by atoms with van der Waals surface area (Å²) in [5, 5.41) is 12.0. The Hall–Kier alpha value is -2.15. The largest absolute Gasteiger partial charge is 0.494 e. The molecule has 1 aliphatic carbocycles. The third-order valence-electron chi connectivity index (χ3n) is 3.73. The van der Waals surface area contributed by atoms with Crippen LogP contribution in [-0.4, -0.2) is 40.5 Å². The highest BCUT2D eigenvalue weighted by Crippen LogP contribution is 2.39. The van der Waals surface area contributed by atoms with Gasteiger partial charge in [-0.3, -0.25) is 0 Å². The number of tetrazole rings is 1. The summed E-state index contributed by atoms with van der Waals surface area (Å²) in [5.74, 6) is 1.28. The predicted molar refractivity (Wildman–Crippen MR) is 73.3 cm³/mol. The number of nitrogens with zero attached hydrogens (tertiary/aromatic N) is 4. The summed E-state index contributed by atoms with van der Waals surface area (Å²) < 4.78 is 12.5. The molecule has 0 spiro atoms. The second kappa shape index (κ2) is 5.09. The van der Waals surface area contributed by atoms with E-state index in [1.54, 1.807) is 20.3 Å². The molecule has 3 rings (SSSR count). The summed E-state index contributed by atoms with van der Waals surface area (Å²) in [6.07, 6.45) is 2.12. The van der Waals surface area contributed by atoms with E-state index in [2.05, 4.69) is 15.5 Å². The molecule has 0 unspecified atom stereocenters. The highest BCUT2D eigenvalue weighted by Gasteiger charge is 2.33. The number of rotatable bonds is 4. The number of ether oxygens (including phenoxy) is 2. The lowest BCUT2D eigenvalue weighted by Crippen LogP contribution is -2.33. The zero-order valence-corrected chi connectivity index (χ0v) is 11.5. The lowest BCUT2D eigenvalue weighted by Gasteiger charge is -2.34. The maximum atomic E-state index is 5.93. The first-order chi connectivity index (χ1) is 9.74. The summed E-state index contributed by atoms with van der Waals surface area (Å²) >= 11 is 0. The fourth-order valence-electron chi connectivity index (χ4n) is 2.51. The predicted octanol–water partition coefficient (Wildman–Crippen LogP) is 1.28. The van der Waals surface area contributed by atoms with Crippen molar-refractivity contribution < 1.29 is 9.47 Å². The van der Waals surface area contributed by atoms with Gasteiger partial charge in [0, 0.05) is 7.11 Å². The fraction of sp³-hybridized carbons (Fsp3) is 0.462. The summed E-state index contributed by atoms with van der Waals surface area (Å²) in [6, 6.07) is 5.83. The summed E-state index contributed by atoms with van der Waals surface area (Å²) in [4.78, 5) is 0. The van der Waals surface area contributed by atoms with Crippen molar-refractivity contribution in [2.75, 3.05) is 20.0 Å². The summed E-state index contributed by atoms with van der Waals surface area (Å²) in [6.45, 7) is 0. The molecule has 0 amide bonds. The standard InChI is InChI=1S/C13H17N5O2/c1-19-9-6-8(7-9)18-13(15-16-17-18)10-4-3-5-11(14)12(10)20-2/h3-5,8-9H,6-7,14H2,1-2H3. The molecule has 0 bridgehead atoms. The van der Waals surface area contributed by atoms with Gasteiger partial charge < -0.3 is 15.2 Å². The molecule has 7 heteroatoms. The quantitative estimate of drug-likeness (QED) is 0.846. The van der Waals surface area contributed by atoms with Crippen molar-refractivity contribution in [2.24, 2.45) is 0 Å².